The molecule has 2 rings (SSSR count). The molecule has 0 atom stereocenters. The molecule has 0 aromatic heterocycles. The lowest BCUT2D eigenvalue weighted by Gasteiger charge is -2.11. The number of hydrogen-bond donors (Lipinski definition) is 1. The van der Waals surface area contributed by atoms with Gasteiger partial charge >= 0.3 is 0 Å². The van der Waals surface area contributed by atoms with Gasteiger partial charge in [-0.25, -0.2) is 4.39 Å². The molecule has 0 saturated carbocycles. The summed E-state index contributed by atoms with van der Waals surface area (Å²) in [6.07, 6.45) is 0.886. The SMILES string of the molecule is CCCOc1cc(Oc2cc(C)ccc2F)ccc1N. The van der Waals surface area contributed by atoms with Crippen LogP contribution in [0.3, 0.4) is 0 Å². The largest absolute Gasteiger partial charge is 0.491 e. The highest BCUT2D eigenvalue weighted by Crippen LogP contribution is 2.31. The summed E-state index contributed by atoms with van der Waals surface area (Å²) in [4.78, 5) is 0. The van der Waals surface area contributed by atoms with Gasteiger partial charge in [0.05, 0.1) is 12.3 Å². The molecule has 0 spiro atoms. The van der Waals surface area contributed by atoms with Gasteiger partial charge in [-0.1, -0.05) is 13.0 Å². The Balaban J connectivity index is 2.22. The maximum absolute atomic E-state index is 13.7. The molecule has 0 fully saturated rings. The Morgan fingerprint density at radius 3 is 2.65 bits per heavy atom. The molecule has 2 N–H and O–H groups in total. The van der Waals surface area contributed by atoms with Gasteiger partial charge in [-0.15, -0.1) is 0 Å². The smallest absolute Gasteiger partial charge is 0.165 e. The van der Waals surface area contributed by atoms with Crippen LogP contribution >= 0.6 is 0 Å². The van der Waals surface area contributed by atoms with Crippen LogP contribution in [-0.4, -0.2) is 6.61 Å². The first-order valence-electron chi connectivity index (χ1n) is 6.56. The topological polar surface area (TPSA) is 44.5 Å². The Bertz CT molecular complexity index is 599. The van der Waals surface area contributed by atoms with Crippen molar-refractivity contribution < 1.29 is 13.9 Å². The van der Waals surface area contributed by atoms with E-state index in [0.717, 1.165) is 12.0 Å². The van der Waals surface area contributed by atoms with Crippen LogP contribution in [0.25, 0.3) is 0 Å². The van der Waals surface area contributed by atoms with E-state index in [9.17, 15) is 4.39 Å². The number of anilines is 1. The second-order valence-electron chi connectivity index (χ2n) is 4.58. The predicted octanol–water partition coefficient (Wildman–Crippen LogP) is 4.30. The van der Waals surface area contributed by atoms with Crippen molar-refractivity contribution in [1.29, 1.82) is 0 Å². The van der Waals surface area contributed by atoms with Crippen molar-refractivity contribution in [2.45, 2.75) is 20.3 Å². The lowest BCUT2D eigenvalue weighted by Crippen LogP contribution is -1.99. The van der Waals surface area contributed by atoms with Crippen molar-refractivity contribution >= 4 is 5.69 Å². The summed E-state index contributed by atoms with van der Waals surface area (Å²) in [6.45, 7) is 4.47. The Kier molecular flexibility index (Phi) is 4.45. The molecule has 106 valence electrons. The van der Waals surface area contributed by atoms with E-state index in [1.807, 2.05) is 13.8 Å². The zero-order valence-electron chi connectivity index (χ0n) is 11.7. The van der Waals surface area contributed by atoms with E-state index >= 15 is 0 Å². The summed E-state index contributed by atoms with van der Waals surface area (Å²) >= 11 is 0. The van der Waals surface area contributed by atoms with Gasteiger partial charge in [0.2, 0.25) is 0 Å². The molecule has 0 bridgehead atoms. The summed E-state index contributed by atoms with van der Waals surface area (Å²) in [5, 5.41) is 0. The van der Waals surface area contributed by atoms with E-state index < -0.39 is 5.82 Å². The molecule has 0 aliphatic rings. The minimum atomic E-state index is -0.400. The standard InChI is InChI=1S/C16H18FNO2/c1-3-8-19-16-10-12(5-7-14(16)18)20-15-9-11(2)4-6-13(15)17/h4-7,9-10H,3,8,18H2,1-2H3. The van der Waals surface area contributed by atoms with E-state index in [1.54, 1.807) is 30.3 Å². The van der Waals surface area contributed by atoms with E-state index in [1.165, 1.54) is 6.07 Å². The minimum Gasteiger partial charge on any atom is -0.491 e. The van der Waals surface area contributed by atoms with Crippen LogP contribution in [0.4, 0.5) is 10.1 Å². The summed E-state index contributed by atoms with van der Waals surface area (Å²) < 4.78 is 24.7. The van der Waals surface area contributed by atoms with Gasteiger partial charge in [0, 0.05) is 6.07 Å². The van der Waals surface area contributed by atoms with Crippen LogP contribution in [0.5, 0.6) is 17.2 Å². The minimum absolute atomic E-state index is 0.191. The summed E-state index contributed by atoms with van der Waals surface area (Å²) in [5.41, 5.74) is 7.29. The zero-order valence-corrected chi connectivity index (χ0v) is 11.7. The van der Waals surface area contributed by atoms with Gasteiger partial charge in [0.1, 0.15) is 11.5 Å². The van der Waals surface area contributed by atoms with E-state index in [4.69, 9.17) is 15.2 Å². The number of nitrogens with two attached hydrogens (primary N) is 1. The van der Waals surface area contributed by atoms with E-state index in [-0.39, 0.29) is 5.75 Å². The van der Waals surface area contributed by atoms with E-state index in [0.29, 0.717) is 23.8 Å². The molecule has 2 aromatic carbocycles. The first kappa shape index (κ1) is 14.2. The summed E-state index contributed by atoms with van der Waals surface area (Å²) in [6, 6.07) is 9.78. The quantitative estimate of drug-likeness (QED) is 0.827. The fourth-order valence-electron chi connectivity index (χ4n) is 1.73. The zero-order chi connectivity index (χ0) is 14.5. The average Bonchev–Trinajstić information content (AvgIpc) is 2.43. The van der Waals surface area contributed by atoms with Gasteiger partial charge in [0.25, 0.3) is 0 Å². The molecule has 0 heterocycles. The summed E-state index contributed by atoms with van der Waals surface area (Å²) in [5.74, 6) is 0.840. The van der Waals surface area contributed by atoms with Gasteiger partial charge in [-0.2, -0.15) is 0 Å². The van der Waals surface area contributed by atoms with E-state index in [2.05, 4.69) is 0 Å². The highest BCUT2D eigenvalue weighted by atomic mass is 19.1. The number of halogens is 1. The van der Waals surface area contributed by atoms with Gasteiger partial charge in [0.15, 0.2) is 11.6 Å². The number of hydrogen-bond acceptors (Lipinski definition) is 3. The molecule has 20 heavy (non-hydrogen) atoms. The molecule has 0 unspecified atom stereocenters. The lowest BCUT2D eigenvalue weighted by molar-refractivity contribution is 0.317. The number of rotatable bonds is 5. The fraction of sp³-hybridized carbons (Fsp3) is 0.250. The predicted molar refractivity (Wildman–Crippen MR) is 77.9 cm³/mol. The van der Waals surface area contributed by atoms with Crippen molar-refractivity contribution in [2.24, 2.45) is 0 Å². The molecule has 0 aliphatic heterocycles. The van der Waals surface area contributed by atoms with Gasteiger partial charge < -0.3 is 15.2 Å². The fourth-order valence-corrected chi connectivity index (χ4v) is 1.73. The molecule has 3 nitrogen and oxygen atoms in total. The van der Waals surface area contributed by atoms with Crippen molar-refractivity contribution in [1.82, 2.24) is 0 Å². The van der Waals surface area contributed by atoms with Gasteiger partial charge in [-0.3, -0.25) is 0 Å². The number of ether oxygens (including phenoxy) is 2. The second-order valence-corrected chi connectivity index (χ2v) is 4.58. The second kappa shape index (κ2) is 6.28. The Morgan fingerprint density at radius 1 is 1.10 bits per heavy atom. The monoisotopic (exact) mass is 275 g/mol. The van der Waals surface area contributed by atoms with Crippen LogP contribution < -0.4 is 15.2 Å². The molecule has 0 radical (unpaired) electrons. The highest BCUT2D eigenvalue weighted by Gasteiger charge is 2.08. The Labute approximate surface area is 118 Å². The molecular weight excluding hydrogens is 257 g/mol. The average molecular weight is 275 g/mol. The van der Waals surface area contributed by atoms with Crippen LogP contribution in [0.15, 0.2) is 36.4 Å². The normalized spacial score (nSPS) is 10.3. The molecule has 2 aromatic rings. The van der Waals surface area contributed by atoms with Crippen molar-refractivity contribution in [3.63, 3.8) is 0 Å². The molecule has 4 heteroatoms. The van der Waals surface area contributed by atoms with Crippen LogP contribution in [0, 0.1) is 12.7 Å². The molecular formula is C16H18FNO2. The third kappa shape index (κ3) is 3.41. The molecule has 0 saturated heterocycles. The van der Waals surface area contributed by atoms with Gasteiger partial charge in [-0.05, 0) is 43.2 Å². The number of aryl methyl sites for hydroxylation is 1. The highest BCUT2D eigenvalue weighted by molar-refractivity contribution is 5.56. The van der Waals surface area contributed by atoms with Crippen LogP contribution in [0.2, 0.25) is 0 Å². The Morgan fingerprint density at radius 2 is 1.90 bits per heavy atom. The number of benzene rings is 2. The van der Waals surface area contributed by atoms with Crippen molar-refractivity contribution in [3.05, 3.63) is 47.8 Å². The first-order chi connectivity index (χ1) is 9.60. The molecule has 0 aliphatic carbocycles. The third-order valence-electron chi connectivity index (χ3n) is 2.76. The lowest BCUT2D eigenvalue weighted by atomic mass is 10.2. The maximum atomic E-state index is 13.7. The first-order valence-corrected chi connectivity index (χ1v) is 6.56. The molecule has 0 amide bonds. The Hall–Kier alpha value is -2.23. The van der Waals surface area contributed by atoms with Crippen molar-refractivity contribution in [3.8, 4) is 17.2 Å². The van der Waals surface area contributed by atoms with Crippen LogP contribution in [-0.2, 0) is 0 Å². The maximum Gasteiger partial charge on any atom is 0.165 e. The van der Waals surface area contributed by atoms with Crippen molar-refractivity contribution in [2.75, 3.05) is 12.3 Å². The number of nitrogen functional groups attached to an aromatic ring is 1. The van der Waals surface area contributed by atoms with Crippen LogP contribution in [0.1, 0.15) is 18.9 Å². The summed E-state index contributed by atoms with van der Waals surface area (Å²) in [7, 11) is 0. The third-order valence-corrected chi connectivity index (χ3v) is 2.76.